The third-order valence-corrected chi connectivity index (χ3v) is 8.70. The maximum absolute atomic E-state index is 5.54. The average molecular weight is 615 g/mol. The summed E-state index contributed by atoms with van der Waals surface area (Å²) in [6.45, 7) is 9.90. The van der Waals surface area contributed by atoms with Crippen LogP contribution in [0.4, 0.5) is 0 Å². The molecule has 2 aliphatic heterocycles. The molecule has 5 nitrogen and oxygen atoms in total. The highest BCUT2D eigenvalue weighted by atomic mass is 16.6. The van der Waals surface area contributed by atoms with E-state index in [1.807, 2.05) is 0 Å². The first-order valence-electron chi connectivity index (χ1n) is 19.3. The third kappa shape index (κ3) is 37.9. The van der Waals surface area contributed by atoms with Gasteiger partial charge < -0.3 is 24.4 Å². The minimum absolute atomic E-state index is 0. The zero-order valence-electron chi connectivity index (χ0n) is 29.3. The standard InChI is InChI=1S/2C19H38O2.H2O/c2*1-2-3-4-5-6-7-8-9-10-11-12-13-14-15-16-20-17-19-18-21-19;/h2*19H,2-18H2,1H3;1H2. The summed E-state index contributed by atoms with van der Waals surface area (Å²) in [5.74, 6) is 0. The summed E-state index contributed by atoms with van der Waals surface area (Å²) >= 11 is 0. The van der Waals surface area contributed by atoms with E-state index < -0.39 is 0 Å². The van der Waals surface area contributed by atoms with Crippen LogP contribution in [0.2, 0.25) is 0 Å². The van der Waals surface area contributed by atoms with Crippen molar-refractivity contribution in [3.05, 3.63) is 0 Å². The van der Waals surface area contributed by atoms with E-state index in [4.69, 9.17) is 18.9 Å². The molecule has 0 aromatic heterocycles. The molecule has 0 radical (unpaired) electrons. The molecule has 2 unspecified atom stereocenters. The van der Waals surface area contributed by atoms with Crippen molar-refractivity contribution in [3.63, 3.8) is 0 Å². The average Bonchev–Trinajstić information content (AvgIpc) is 3.94. The first-order valence-corrected chi connectivity index (χ1v) is 19.3. The van der Waals surface area contributed by atoms with Gasteiger partial charge in [-0.3, -0.25) is 0 Å². The molecule has 2 heterocycles. The zero-order valence-corrected chi connectivity index (χ0v) is 29.3. The third-order valence-electron chi connectivity index (χ3n) is 8.70. The van der Waals surface area contributed by atoms with Gasteiger partial charge in [0.1, 0.15) is 12.2 Å². The fourth-order valence-corrected chi connectivity index (χ4v) is 5.56. The van der Waals surface area contributed by atoms with Crippen molar-refractivity contribution in [2.75, 3.05) is 39.6 Å². The van der Waals surface area contributed by atoms with Gasteiger partial charge in [0.05, 0.1) is 26.4 Å². The summed E-state index contributed by atoms with van der Waals surface area (Å²) in [7, 11) is 0. The summed E-state index contributed by atoms with van der Waals surface area (Å²) in [5.41, 5.74) is 0. The van der Waals surface area contributed by atoms with Gasteiger partial charge in [-0.15, -0.1) is 0 Å². The Morgan fingerprint density at radius 3 is 0.791 bits per heavy atom. The Bertz CT molecular complexity index is 451. The van der Waals surface area contributed by atoms with Gasteiger partial charge in [0.2, 0.25) is 0 Å². The van der Waals surface area contributed by atoms with Crippen LogP contribution in [0.25, 0.3) is 0 Å². The van der Waals surface area contributed by atoms with Crippen LogP contribution in [-0.2, 0) is 18.9 Å². The smallest absolute Gasteiger partial charge is 0.104 e. The van der Waals surface area contributed by atoms with Gasteiger partial charge in [-0.25, -0.2) is 0 Å². The normalized spacial score (nSPS) is 16.9. The maximum atomic E-state index is 5.54. The largest absolute Gasteiger partial charge is 0.412 e. The second kappa shape index (κ2) is 36.3. The van der Waals surface area contributed by atoms with E-state index in [0.717, 1.165) is 39.6 Å². The summed E-state index contributed by atoms with van der Waals surface area (Å²) in [4.78, 5) is 0. The molecule has 0 bridgehead atoms. The summed E-state index contributed by atoms with van der Waals surface area (Å²) in [5, 5.41) is 0. The van der Waals surface area contributed by atoms with Crippen LogP contribution in [0.1, 0.15) is 194 Å². The van der Waals surface area contributed by atoms with E-state index in [2.05, 4.69) is 13.8 Å². The van der Waals surface area contributed by atoms with Crippen LogP contribution in [0.15, 0.2) is 0 Å². The fraction of sp³-hybridized carbons (Fsp3) is 1.00. The number of ether oxygens (including phenoxy) is 4. The van der Waals surface area contributed by atoms with Crippen molar-refractivity contribution in [2.45, 2.75) is 206 Å². The van der Waals surface area contributed by atoms with E-state index in [9.17, 15) is 0 Å². The maximum Gasteiger partial charge on any atom is 0.104 e. The van der Waals surface area contributed by atoms with Crippen molar-refractivity contribution >= 4 is 0 Å². The quantitative estimate of drug-likeness (QED) is 0.0534. The molecule has 43 heavy (non-hydrogen) atoms. The molecule has 5 heteroatoms. The molecule has 2 aliphatic rings. The van der Waals surface area contributed by atoms with Crippen LogP contribution in [0.5, 0.6) is 0 Å². The molecular weight excluding hydrogens is 536 g/mol. The second-order valence-electron chi connectivity index (χ2n) is 13.3. The molecule has 2 atom stereocenters. The Morgan fingerprint density at radius 2 is 0.581 bits per heavy atom. The number of rotatable bonds is 34. The van der Waals surface area contributed by atoms with Crippen molar-refractivity contribution in [1.29, 1.82) is 0 Å². The summed E-state index contributed by atoms with van der Waals surface area (Å²) in [6, 6.07) is 0. The topological polar surface area (TPSA) is 75.0 Å². The van der Waals surface area contributed by atoms with E-state index in [0.29, 0.717) is 12.2 Å². The van der Waals surface area contributed by atoms with Crippen LogP contribution < -0.4 is 0 Å². The van der Waals surface area contributed by atoms with Crippen LogP contribution >= 0.6 is 0 Å². The molecule has 2 N–H and O–H groups in total. The van der Waals surface area contributed by atoms with Crippen molar-refractivity contribution in [2.24, 2.45) is 0 Å². The Hall–Kier alpha value is -0.200. The van der Waals surface area contributed by atoms with E-state index in [1.165, 1.54) is 180 Å². The van der Waals surface area contributed by atoms with E-state index >= 15 is 0 Å². The number of hydrogen-bond donors (Lipinski definition) is 0. The first kappa shape index (κ1) is 42.8. The Balaban J connectivity index is 0.000000802. The lowest BCUT2D eigenvalue weighted by Crippen LogP contribution is -2.02. The van der Waals surface area contributed by atoms with Crippen molar-refractivity contribution in [3.8, 4) is 0 Å². The molecule has 0 saturated carbocycles. The van der Waals surface area contributed by atoms with Gasteiger partial charge in [-0.2, -0.15) is 0 Å². The lowest BCUT2D eigenvalue weighted by Gasteiger charge is -2.04. The van der Waals surface area contributed by atoms with Gasteiger partial charge in [0, 0.05) is 13.2 Å². The van der Waals surface area contributed by atoms with Crippen molar-refractivity contribution in [1.82, 2.24) is 0 Å². The minimum atomic E-state index is 0. The van der Waals surface area contributed by atoms with Gasteiger partial charge in [-0.05, 0) is 12.8 Å². The van der Waals surface area contributed by atoms with Gasteiger partial charge in [-0.1, -0.05) is 181 Å². The lowest BCUT2D eigenvalue weighted by molar-refractivity contribution is 0.113. The Labute approximate surface area is 269 Å². The Kier molecular flexibility index (Phi) is 36.1. The van der Waals surface area contributed by atoms with Crippen LogP contribution in [-0.4, -0.2) is 57.3 Å². The highest BCUT2D eigenvalue weighted by molar-refractivity contribution is 4.67. The predicted octanol–water partition coefficient (Wildman–Crippen LogP) is 10.9. The predicted molar refractivity (Wildman–Crippen MR) is 185 cm³/mol. The molecule has 260 valence electrons. The lowest BCUT2D eigenvalue weighted by atomic mass is 10.0. The van der Waals surface area contributed by atoms with Gasteiger partial charge >= 0.3 is 0 Å². The van der Waals surface area contributed by atoms with Crippen LogP contribution in [0, 0.1) is 0 Å². The second-order valence-corrected chi connectivity index (χ2v) is 13.3. The van der Waals surface area contributed by atoms with Gasteiger partial charge in [0.25, 0.3) is 0 Å². The SMILES string of the molecule is CCCCCCCCCCCCCCCCOCC1CO1.CCCCCCCCCCCCCCCCOCC1CO1.O. The highest BCUT2D eigenvalue weighted by Crippen LogP contribution is 2.15. The molecular formula is C38H78O5. The zero-order chi connectivity index (χ0) is 30.0. The highest BCUT2D eigenvalue weighted by Gasteiger charge is 2.22. The van der Waals surface area contributed by atoms with E-state index in [-0.39, 0.29) is 5.48 Å². The molecule has 2 fully saturated rings. The fourth-order valence-electron chi connectivity index (χ4n) is 5.56. The number of unbranched alkanes of at least 4 members (excludes halogenated alkanes) is 26. The molecule has 0 amide bonds. The number of hydrogen-bond acceptors (Lipinski definition) is 4. The number of epoxide rings is 2. The first-order chi connectivity index (χ1) is 20.9. The molecule has 2 saturated heterocycles. The molecule has 0 aromatic rings. The van der Waals surface area contributed by atoms with Gasteiger partial charge in [0.15, 0.2) is 0 Å². The summed E-state index contributed by atoms with van der Waals surface area (Å²) in [6.07, 6.45) is 40.5. The molecule has 0 aromatic carbocycles. The summed E-state index contributed by atoms with van der Waals surface area (Å²) < 4.78 is 21.3. The Morgan fingerprint density at radius 1 is 0.372 bits per heavy atom. The monoisotopic (exact) mass is 615 g/mol. The van der Waals surface area contributed by atoms with E-state index in [1.54, 1.807) is 0 Å². The minimum Gasteiger partial charge on any atom is -0.412 e. The molecule has 0 spiro atoms. The molecule has 2 rings (SSSR count). The van der Waals surface area contributed by atoms with Crippen molar-refractivity contribution < 1.29 is 24.4 Å². The van der Waals surface area contributed by atoms with Crippen LogP contribution in [0.3, 0.4) is 0 Å². The molecule has 0 aliphatic carbocycles.